The molecule has 1 atom stereocenters. The molecule has 0 aliphatic carbocycles. The van der Waals surface area contributed by atoms with Gasteiger partial charge in [0, 0.05) is 24.5 Å². The van der Waals surface area contributed by atoms with Gasteiger partial charge in [0.25, 0.3) is 0 Å². The third-order valence-corrected chi connectivity index (χ3v) is 4.60. The number of carbonyl (C=O) groups excluding carboxylic acids is 2. The van der Waals surface area contributed by atoms with Crippen LogP contribution in [0, 0.1) is 5.92 Å². The van der Waals surface area contributed by atoms with Crippen molar-refractivity contribution < 1.29 is 9.59 Å². The zero-order chi connectivity index (χ0) is 15.8. The second-order valence-electron chi connectivity index (χ2n) is 5.51. The van der Waals surface area contributed by atoms with Gasteiger partial charge in [0.2, 0.25) is 11.8 Å². The largest absolute Gasteiger partial charge is 0.355 e. The average Bonchev–Trinajstić information content (AvgIpc) is 3.04. The van der Waals surface area contributed by atoms with Crippen molar-refractivity contribution in [3.05, 3.63) is 22.4 Å². The molecule has 2 amide bonds. The highest BCUT2D eigenvalue weighted by molar-refractivity contribution is 7.09. The summed E-state index contributed by atoms with van der Waals surface area (Å²) in [5.74, 6) is 0.0240. The van der Waals surface area contributed by atoms with Crippen LogP contribution in [0.25, 0.3) is 0 Å². The Balaban J connectivity index is 0.00000264. The quantitative estimate of drug-likeness (QED) is 0.663. The van der Waals surface area contributed by atoms with Gasteiger partial charge in [0.1, 0.15) is 0 Å². The summed E-state index contributed by atoms with van der Waals surface area (Å²) in [7, 11) is 0. The number of halogens is 1. The van der Waals surface area contributed by atoms with Crippen molar-refractivity contribution in [3.8, 4) is 0 Å². The summed E-state index contributed by atoms with van der Waals surface area (Å²) in [6, 6.07) is 3.98. The lowest BCUT2D eigenvalue weighted by molar-refractivity contribution is -0.128. The topological polar surface area (TPSA) is 87.5 Å². The molecular weight excluding hydrogens is 336 g/mol. The first-order valence-electron chi connectivity index (χ1n) is 7.68. The molecule has 1 aromatic heterocycles. The maximum atomic E-state index is 12.0. The molecule has 1 saturated heterocycles. The van der Waals surface area contributed by atoms with E-state index in [2.05, 4.69) is 15.5 Å². The summed E-state index contributed by atoms with van der Waals surface area (Å²) in [6.07, 6.45) is 1.82. The zero-order valence-corrected chi connectivity index (χ0v) is 14.8. The highest BCUT2D eigenvalue weighted by atomic mass is 35.5. The van der Waals surface area contributed by atoms with Gasteiger partial charge in [-0.1, -0.05) is 6.07 Å². The maximum Gasteiger partial charge on any atom is 0.234 e. The van der Waals surface area contributed by atoms with Gasteiger partial charge in [-0.25, -0.2) is 0 Å². The van der Waals surface area contributed by atoms with Gasteiger partial charge in [-0.05, 0) is 30.8 Å². The third-order valence-electron chi connectivity index (χ3n) is 3.73. The number of nitrogens with one attached hydrogen (secondary N) is 2. The Hall–Kier alpha value is -1.15. The molecule has 8 heteroatoms. The van der Waals surface area contributed by atoms with Crippen molar-refractivity contribution in [1.82, 2.24) is 15.5 Å². The maximum absolute atomic E-state index is 12.0. The monoisotopic (exact) mass is 360 g/mol. The van der Waals surface area contributed by atoms with Gasteiger partial charge < -0.3 is 16.4 Å². The SMILES string of the molecule is Cl.NCCNC(=O)C1CCCN(CC(=O)NCc2cccs2)C1. The predicted octanol–water partition coefficient (Wildman–Crippen LogP) is 0.573. The van der Waals surface area contributed by atoms with Crippen molar-refractivity contribution in [2.75, 3.05) is 32.7 Å². The molecule has 4 N–H and O–H groups in total. The van der Waals surface area contributed by atoms with Crippen LogP contribution < -0.4 is 16.4 Å². The third kappa shape index (κ3) is 6.87. The van der Waals surface area contributed by atoms with Crippen molar-refractivity contribution in [2.45, 2.75) is 19.4 Å². The number of hydrogen-bond acceptors (Lipinski definition) is 5. The van der Waals surface area contributed by atoms with Gasteiger partial charge in [-0.2, -0.15) is 0 Å². The molecule has 1 fully saturated rings. The molecule has 2 heterocycles. The lowest BCUT2D eigenvalue weighted by Gasteiger charge is -2.31. The first kappa shape index (κ1) is 19.9. The van der Waals surface area contributed by atoms with Crippen LogP contribution in [0.5, 0.6) is 0 Å². The van der Waals surface area contributed by atoms with E-state index in [0.717, 1.165) is 24.3 Å². The number of piperidine rings is 1. The van der Waals surface area contributed by atoms with E-state index >= 15 is 0 Å². The Morgan fingerprint density at radius 1 is 1.39 bits per heavy atom. The molecule has 0 radical (unpaired) electrons. The van der Waals surface area contributed by atoms with Crippen LogP contribution >= 0.6 is 23.7 Å². The van der Waals surface area contributed by atoms with E-state index in [-0.39, 0.29) is 30.1 Å². The molecule has 23 heavy (non-hydrogen) atoms. The summed E-state index contributed by atoms with van der Waals surface area (Å²) in [4.78, 5) is 27.2. The summed E-state index contributed by atoms with van der Waals surface area (Å²) in [6.45, 7) is 3.40. The summed E-state index contributed by atoms with van der Waals surface area (Å²) < 4.78 is 0. The second kappa shape index (κ2) is 10.6. The van der Waals surface area contributed by atoms with E-state index in [0.29, 0.717) is 32.7 Å². The van der Waals surface area contributed by atoms with Crippen LogP contribution in [0.2, 0.25) is 0 Å². The highest BCUT2D eigenvalue weighted by Gasteiger charge is 2.26. The molecule has 1 aromatic rings. The summed E-state index contributed by atoms with van der Waals surface area (Å²) in [5, 5.41) is 7.75. The minimum absolute atomic E-state index is 0. The van der Waals surface area contributed by atoms with Crippen LogP contribution in [0.4, 0.5) is 0 Å². The van der Waals surface area contributed by atoms with Gasteiger partial charge >= 0.3 is 0 Å². The predicted molar refractivity (Wildman–Crippen MR) is 94.6 cm³/mol. The Morgan fingerprint density at radius 2 is 2.22 bits per heavy atom. The fraction of sp³-hybridized carbons (Fsp3) is 0.600. The molecule has 0 aromatic carbocycles. The van der Waals surface area contributed by atoms with Crippen LogP contribution in [0.1, 0.15) is 17.7 Å². The number of nitrogens with zero attached hydrogens (tertiary/aromatic N) is 1. The average molecular weight is 361 g/mol. The normalized spacial score (nSPS) is 18.0. The molecule has 0 saturated carbocycles. The number of carbonyl (C=O) groups is 2. The molecule has 6 nitrogen and oxygen atoms in total. The highest BCUT2D eigenvalue weighted by Crippen LogP contribution is 2.16. The lowest BCUT2D eigenvalue weighted by atomic mass is 9.97. The molecule has 1 aliphatic rings. The Bertz CT molecular complexity index is 484. The minimum atomic E-state index is -0.0367. The van der Waals surface area contributed by atoms with Crippen LogP contribution in [-0.2, 0) is 16.1 Å². The Kier molecular flexibility index (Phi) is 9.16. The lowest BCUT2D eigenvalue weighted by Crippen LogP contribution is -2.47. The number of nitrogens with two attached hydrogens (primary N) is 1. The zero-order valence-electron chi connectivity index (χ0n) is 13.1. The standard InChI is InChI=1S/C15H24N4O2S.ClH/c16-5-6-17-15(21)12-3-1-7-19(10-12)11-14(20)18-9-13-4-2-8-22-13;/h2,4,8,12H,1,3,5-7,9-11,16H2,(H,17,21)(H,18,20);1H. The number of thiophene rings is 1. The van der Waals surface area contributed by atoms with Gasteiger partial charge in [-0.15, -0.1) is 23.7 Å². The number of amides is 2. The van der Waals surface area contributed by atoms with Crippen molar-refractivity contribution in [2.24, 2.45) is 11.7 Å². The Morgan fingerprint density at radius 3 is 2.91 bits per heavy atom. The van der Waals surface area contributed by atoms with Gasteiger partial charge in [0.05, 0.1) is 19.0 Å². The molecule has 2 rings (SSSR count). The van der Waals surface area contributed by atoms with E-state index in [9.17, 15) is 9.59 Å². The second-order valence-corrected chi connectivity index (χ2v) is 6.54. The van der Waals surface area contributed by atoms with Gasteiger partial charge in [-0.3, -0.25) is 14.5 Å². The van der Waals surface area contributed by atoms with Crippen LogP contribution in [0.15, 0.2) is 17.5 Å². The molecule has 1 unspecified atom stereocenters. The van der Waals surface area contributed by atoms with Crippen LogP contribution in [-0.4, -0.2) is 49.4 Å². The summed E-state index contributed by atoms with van der Waals surface area (Å²) in [5.41, 5.74) is 5.40. The van der Waals surface area contributed by atoms with Gasteiger partial charge in [0.15, 0.2) is 0 Å². The first-order valence-corrected chi connectivity index (χ1v) is 8.56. The smallest absolute Gasteiger partial charge is 0.234 e. The van der Waals surface area contributed by atoms with Crippen molar-refractivity contribution in [1.29, 1.82) is 0 Å². The first-order chi connectivity index (χ1) is 10.7. The number of hydrogen-bond donors (Lipinski definition) is 3. The van der Waals surface area contributed by atoms with E-state index in [1.54, 1.807) is 11.3 Å². The van der Waals surface area contributed by atoms with E-state index in [4.69, 9.17) is 5.73 Å². The number of likely N-dealkylation sites (tertiary alicyclic amines) is 1. The number of rotatable bonds is 7. The van der Waals surface area contributed by atoms with Crippen molar-refractivity contribution in [3.63, 3.8) is 0 Å². The molecule has 130 valence electrons. The summed E-state index contributed by atoms with van der Waals surface area (Å²) >= 11 is 1.63. The minimum Gasteiger partial charge on any atom is -0.355 e. The molecule has 1 aliphatic heterocycles. The van der Waals surface area contributed by atoms with E-state index in [1.165, 1.54) is 0 Å². The van der Waals surface area contributed by atoms with Crippen LogP contribution in [0.3, 0.4) is 0 Å². The van der Waals surface area contributed by atoms with E-state index in [1.807, 2.05) is 17.5 Å². The van der Waals surface area contributed by atoms with Crippen molar-refractivity contribution >= 4 is 35.6 Å². The molecule has 0 spiro atoms. The molecule has 0 bridgehead atoms. The fourth-order valence-corrected chi connectivity index (χ4v) is 3.26. The van der Waals surface area contributed by atoms with E-state index < -0.39 is 0 Å². The fourth-order valence-electron chi connectivity index (χ4n) is 2.61. The molecular formula is C15H25ClN4O2S. The Labute approximate surface area is 147 Å².